The van der Waals surface area contributed by atoms with Gasteiger partial charge >= 0.3 is 0 Å². The van der Waals surface area contributed by atoms with Gasteiger partial charge in [0.1, 0.15) is 23.4 Å². The molecule has 0 amide bonds. The number of hydrogen-bond acceptors (Lipinski definition) is 5. The highest BCUT2D eigenvalue weighted by molar-refractivity contribution is 5.86. The Morgan fingerprint density at radius 2 is 1.94 bits per heavy atom. The van der Waals surface area contributed by atoms with Crippen LogP contribution in [0, 0.1) is 18.3 Å². The molecule has 1 atom stereocenters. The minimum absolute atomic E-state index is 0.131. The molecule has 36 heavy (non-hydrogen) atoms. The molecule has 4 aromatic rings. The molecule has 0 aliphatic heterocycles. The van der Waals surface area contributed by atoms with E-state index in [-0.39, 0.29) is 11.8 Å². The SMILES string of the molecule is CC.CC(=O)C(C)N(C)Cc1cncn1Cc1ccc(C#N)c(Oc2ccc3cccc(C)c3c2)c1. The van der Waals surface area contributed by atoms with Crippen LogP contribution in [0.3, 0.4) is 0 Å². The Hall–Kier alpha value is -3.95. The first-order valence-corrected chi connectivity index (χ1v) is 12.3. The summed E-state index contributed by atoms with van der Waals surface area (Å²) in [6.45, 7) is 10.8. The highest BCUT2D eigenvalue weighted by Gasteiger charge is 2.16. The molecule has 4 rings (SSSR count). The molecule has 0 N–H and O–H groups in total. The molecule has 3 aromatic carbocycles. The predicted molar refractivity (Wildman–Crippen MR) is 144 cm³/mol. The number of likely N-dealkylation sites (N-methyl/N-ethyl adjacent to an activating group) is 1. The Kier molecular flexibility index (Phi) is 8.99. The van der Waals surface area contributed by atoms with E-state index in [0.717, 1.165) is 22.0 Å². The number of carbonyl (C=O) groups is 1. The molecule has 0 saturated heterocycles. The quantitative estimate of drug-likeness (QED) is 0.287. The van der Waals surface area contributed by atoms with Crippen LogP contribution in [0.5, 0.6) is 11.5 Å². The van der Waals surface area contributed by atoms with Gasteiger partial charge in [-0.05, 0) is 74.0 Å². The second kappa shape index (κ2) is 12.1. The summed E-state index contributed by atoms with van der Waals surface area (Å²) in [5.41, 5.74) is 3.66. The number of fused-ring (bicyclic) bond motifs is 1. The van der Waals surface area contributed by atoms with Gasteiger partial charge < -0.3 is 9.30 Å². The maximum atomic E-state index is 11.7. The number of hydrogen-bond donors (Lipinski definition) is 0. The summed E-state index contributed by atoms with van der Waals surface area (Å²) in [5.74, 6) is 1.35. The van der Waals surface area contributed by atoms with E-state index in [2.05, 4.69) is 30.1 Å². The van der Waals surface area contributed by atoms with Crippen molar-refractivity contribution in [3.05, 3.63) is 89.5 Å². The number of nitriles is 1. The molecule has 1 heterocycles. The summed E-state index contributed by atoms with van der Waals surface area (Å²) in [7, 11) is 1.93. The van der Waals surface area contributed by atoms with E-state index in [4.69, 9.17) is 4.74 Å². The van der Waals surface area contributed by atoms with Crippen molar-refractivity contribution in [2.75, 3.05) is 7.05 Å². The van der Waals surface area contributed by atoms with Crippen molar-refractivity contribution in [3.8, 4) is 17.6 Å². The standard InChI is InChI=1S/C28H28N4O2.C2H6/c1-19-6-5-7-23-10-11-26(13-27(19)23)34-28-12-22(8-9-24(28)14-29)16-32-18-30-15-25(32)17-31(4)20(2)21(3)33;1-2/h5-13,15,18,20H,16-17H2,1-4H3;1-2H3. The second-order valence-corrected chi connectivity index (χ2v) is 8.72. The zero-order valence-corrected chi connectivity index (χ0v) is 21.9. The summed E-state index contributed by atoms with van der Waals surface area (Å²) in [5, 5.41) is 11.9. The minimum Gasteiger partial charge on any atom is -0.456 e. The third kappa shape index (κ3) is 6.18. The summed E-state index contributed by atoms with van der Waals surface area (Å²) in [6, 6.07) is 19.9. The molecule has 0 radical (unpaired) electrons. The van der Waals surface area contributed by atoms with E-state index in [1.807, 2.05) is 79.9 Å². The highest BCUT2D eigenvalue weighted by atomic mass is 16.5. The van der Waals surface area contributed by atoms with Crippen LogP contribution >= 0.6 is 0 Å². The minimum atomic E-state index is -0.163. The Morgan fingerprint density at radius 1 is 1.17 bits per heavy atom. The first-order valence-electron chi connectivity index (χ1n) is 12.3. The molecular weight excluding hydrogens is 448 g/mol. The van der Waals surface area contributed by atoms with Crippen LogP contribution in [-0.4, -0.2) is 33.3 Å². The van der Waals surface area contributed by atoms with Crippen LogP contribution in [0.4, 0.5) is 0 Å². The molecule has 1 aromatic heterocycles. The first-order chi connectivity index (χ1) is 17.4. The number of imidazole rings is 1. The van der Waals surface area contributed by atoms with Gasteiger partial charge in [-0.2, -0.15) is 5.26 Å². The molecule has 0 fully saturated rings. The number of aryl methyl sites for hydroxylation is 1. The lowest BCUT2D eigenvalue weighted by Crippen LogP contribution is -2.34. The van der Waals surface area contributed by atoms with Crippen LogP contribution < -0.4 is 4.74 Å². The third-order valence-electron chi connectivity index (χ3n) is 6.28. The zero-order chi connectivity index (χ0) is 26.2. The van der Waals surface area contributed by atoms with Gasteiger partial charge in [-0.15, -0.1) is 0 Å². The molecule has 6 heteroatoms. The van der Waals surface area contributed by atoms with Gasteiger partial charge in [-0.25, -0.2) is 4.98 Å². The Labute approximate surface area is 213 Å². The largest absolute Gasteiger partial charge is 0.456 e. The normalized spacial score (nSPS) is 11.5. The molecule has 0 aliphatic rings. The molecule has 1 unspecified atom stereocenters. The summed E-state index contributed by atoms with van der Waals surface area (Å²) in [6.07, 6.45) is 3.61. The maximum absolute atomic E-state index is 11.7. The molecule has 0 bridgehead atoms. The van der Waals surface area contributed by atoms with E-state index >= 15 is 0 Å². The van der Waals surface area contributed by atoms with Gasteiger partial charge in [0.2, 0.25) is 0 Å². The molecule has 0 saturated carbocycles. The average molecular weight is 483 g/mol. The van der Waals surface area contributed by atoms with E-state index in [1.54, 1.807) is 19.3 Å². The fourth-order valence-corrected chi connectivity index (χ4v) is 3.96. The van der Waals surface area contributed by atoms with Crippen LogP contribution in [0.1, 0.15) is 50.1 Å². The number of Topliss-reactive ketones (excluding diaryl/α,β-unsaturated/α-hetero) is 1. The van der Waals surface area contributed by atoms with Gasteiger partial charge in [0.15, 0.2) is 0 Å². The molecule has 0 spiro atoms. The maximum Gasteiger partial charge on any atom is 0.146 e. The monoisotopic (exact) mass is 482 g/mol. The lowest BCUT2D eigenvalue weighted by atomic mass is 10.1. The van der Waals surface area contributed by atoms with E-state index in [9.17, 15) is 10.1 Å². The number of nitrogens with zero attached hydrogens (tertiary/aromatic N) is 4. The number of benzene rings is 3. The molecule has 186 valence electrons. The van der Waals surface area contributed by atoms with Crippen molar-refractivity contribution in [2.45, 2.75) is 53.8 Å². The third-order valence-corrected chi connectivity index (χ3v) is 6.28. The average Bonchev–Trinajstić information content (AvgIpc) is 3.31. The van der Waals surface area contributed by atoms with Crippen LogP contribution in [0.25, 0.3) is 10.8 Å². The lowest BCUT2D eigenvalue weighted by Gasteiger charge is -2.22. The topological polar surface area (TPSA) is 71.2 Å². The fourth-order valence-electron chi connectivity index (χ4n) is 3.96. The van der Waals surface area contributed by atoms with Crippen LogP contribution in [0.2, 0.25) is 0 Å². The Bertz CT molecular complexity index is 1380. The summed E-state index contributed by atoms with van der Waals surface area (Å²) >= 11 is 0. The van der Waals surface area contributed by atoms with E-state index < -0.39 is 0 Å². The van der Waals surface area contributed by atoms with Crippen molar-refractivity contribution in [1.82, 2.24) is 14.5 Å². The zero-order valence-electron chi connectivity index (χ0n) is 21.9. The van der Waals surface area contributed by atoms with Gasteiger partial charge in [0.05, 0.1) is 23.6 Å². The number of carbonyl (C=O) groups excluding carboxylic acids is 1. The second-order valence-electron chi connectivity index (χ2n) is 8.72. The van der Waals surface area contributed by atoms with Crippen LogP contribution in [-0.2, 0) is 17.9 Å². The van der Waals surface area contributed by atoms with Crippen molar-refractivity contribution in [3.63, 3.8) is 0 Å². The van der Waals surface area contributed by atoms with Crippen molar-refractivity contribution < 1.29 is 9.53 Å². The van der Waals surface area contributed by atoms with Gasteiger partial charge in [0, 0.05) is 19.3 Å². The number of rotatable bonds is 8. The Morgan fingerprint density at radius 3 is 2.67 bits per heavy atom. The van der Waals surface area contributed by atoms with E-state index in [1.165, 1.54) is 5.56 Å². The lowest BCUT2D eigenvalue weighted by molar-refractivity contribution is -0.121. The van der Waals surface area contributed by atoms with Crippen molar-refractivity contribution >= 4 is 16.6 Å². The van der Waals surface area contributed by atoms with Crippen molar-refractivity contribution in [1.29, 1.82) is 5.26 Å². The molecule has 0 aliphatic carbocycles. The van der Waals surface area contributed by atoms with E-state index in [0.29, 0.717) is 30.2 Å². The fraction of sp³-hybridized carbons (Fsp3) is 0.300. The number of aromatic nitrogens is 2. The van der Waals surface area contributed by atoms with Gasteiger partial charge in [-0.1, -0.05) is 44.2 Å². The summed E-state index contributed by atoms with van der Waals surface area (Å²) in [4.78, 5) is 18.0. The summed E-state index contributed by atoms with van der Waals surface area (Å²) < 4.78 is 8.23. The van der Waals surface area contributed by atoms with Gasteiger partial charge in [-0.3, -0.25) is 9.69 Å². The Balaban J connectivity index is 0.00000176. The highest BCUT2D eigenvalue weighted by Crippen LogP contribution is 2.30. The first kappa shape index (κ1) is 26.7. The smallest absolute Gasteiger partial charge is 0.146 e. The van der Waals surface area contributed by atoms with Crippen LogP contribution in [0.15, 0.2) is 67.1 Å². The van der Waals surface area contributed by atoms with Crippen molar-refractivity contribution in [2.24, 2.45) is 0 Å². The predicted octanol–water partition coefficient (Wildman–Crippen LogP) is 6.49. The molecule has 6 nitrogen and oxygen atoms in total. The van der Waals surface area contributed by atoms with Gasteiger partial charge in [0.25, 0.3) is 0 Å². The molecular formula is C30H34N4O2. The number of ether oxygens (including phenoxy) is 1. The number of ketones is 1.